The molecule has 0 radical (unpaired) electrons. The quantitative estimate of drug-likeness (QED) is 0.638. The maximum Gasteiger partial charge on any atom is 0.150 e. The van der Waals surface area contributed by atoms with E-state index in [1.54, 1.807) is 6.92 Å². The van der Waals surface area contributed by atoms with Gasteiger partial charge in [-0.3, -0.25) is 4.70 Å². The normalized spacial score (nSPS) is 10.6. The van der Waals surface area contributed by atoms with E-state index in [0.717, 1.165) is 12.8 Å². The Labute approximate surface area is 61.9 Å². The molecule has 0 heterocycles. The molecule has 0 spiro atoms. The highest BCUT2D eigenvalue weighted by Crippen LogP contribution is 1.95. The van der Waals surface area contributed by atoms with Crippen molar-refractivity contribution in [3.63, 3.8) is 0 Å². The molecular weight excluding hydrogens is 155 g/mol. The van der Waals surface area contributed by atoms with E-state index in [1.165, 1.54) is 0 Å². The first kappa shape index (κ1) is 12.5. The number of rotatable bonds is 4. The van der Waals surface area contributed by atoms with Crippen LogP contribution in [0.1, 0.15) is 26.7 Å². The summed E-state index contributed by atoms with van der Waals surface area (Å²) in [6, 6.07) is 0. The van der Waals surface area contributed by atoms with Gasteiger partial charge in [-0.05, 0) is 6.42 Å². The highest BCUT2D eigenvalue weighted by molar-refractivity contribution is 7.91. The second kappa shape index (κ2) is 5.65. The number of hydrogen-bond donors (Lipinski definition) is 0. The second-order valence-electron chi connectivity index (χ2n) is 2.09. The molecule has 0 bridgehead atoms. The molecule has 64 valence electrons. The van der Waals surface area contributed by atoms with Gasteiger partial charge in [0.1, 0.15) is 9.84 Å². The lowest BCUT2D eigenvalue weighted by Crippen LogP contribution is -2.07. The third-order valence-corrected chi connectivity index (χ3v) is 3.04. The fourth-order valence-corrected chi connectivity index (χ4v) is 1.53. The van der Waals surface area contributed by atoms with E-state index in [9.17, 15) is 8.42 Å². The van der Waals surface area contributed by atoms with Crippen LogP contribution in [-0.2, 0) is 9.84 Å². The van der Waals surface area contributed by atoms with Gasteiger partial charge >= 0.3 is 0 Å². The molecule has 10 heavy (non-hydrogen) atoms. The van der Waals surface area contributed by atoms with Gasteiger partial charge in [0.15, 0.2) is 0 Å². The maximum atomic E-state index is 10.8. The topological polar surface area (TPSA) is 34.1 Å². The lowest BCUT2D eigenvalue weighted by molar-refractivity contribution is 0.594. The molecule has 0 N–H and O–H groups in total. The SMILES string of the molecule is CCCCS(=O)(=O)CC.F. The van der Waals surface area contributed by atoms with Crippen LogP contribution in [0.3, 0.4) is 0 Å². The van der Waals surface area contributed by atoms with Gasteiger partial charge in [-0.25, -0.2) is 8.42 Å². The van der Waals surface area contributed by atoms with Gasteiger partial charge in [-0.2, -0.15) is 0 Å². The van der Waals surface area contributed by atoms with Crippen LogP contribution in [0.2, 0.25) is 0 Å². The Morgan fingerprint density at radius 3 is 2.00 bits per heavy atom. The van der Waals surface area contributed by atoms with Crippen molar-refractivity contribution < 1.29 is 13.1 Å². The fraction of sp³-hybridized carbons (Fsp3) is 1.00. The summed E-state index contributed by atoms with van der Waals surface area (Å²) in [5.74, 6) is 0.646. The van der Waals surface area contributed by atoms with Crippen LogP contribution >= 0.6 is 0 Å². The van der Waals surface area contributed by atoms with Crippen molar-refractivity contribution in [1.29, 1.82) is 0 Å². The summed E-state index contributed by atoms with van der Waals surface area (Å²) in [7, 11) is -2.68. The standard InChI is InChI=1S/C6H14O2S.FH/c1-3-5-6-9(7,8)4-2;/h3-6H2,1-2H3;1H. The molecule has 4 heteroatoms. The molecule has 2 nitrogen and oxygen atoms in total. The largest absolute Gasteiger partial charge is 0.269 e. The lowest BCUT2D eigenvalue weighted by Gasteiger charge is -1.96. The van der Waals surface area contributed by atoms with E-state index in [-0.39, 0.29) is 10.5 Å². The first-order valence-electron chi connectivity index (χ1n) is 3.32. The Bertz CT molecular complexity index is 151. The van der Waals surface area contributed by atoms with Gasteiger partial charge in [0.25, 0.3) is 0 Å². The Morgan fingerprint density at radius 1 is 1.20 bits per heavy atom. The molecule has 0 aliphatic carbocycles. The van der Waals surface area contributed by atoms with Gasteiger partial charge < -0.3 is 0 Å². The molecule has 0 atom stereocenters. The van der Waals surface area contributed by atoms with Crippen LogP contribution in [0, 0.1) is 0 Å². The predicted molar refractivity (Wildman–Crippen MR) is 41.7 cm³/mol. The van der Waals surface area contributed by atoms with Crippen LogP contribution in [0.25, 0.3) is 0 Å². The highest BCUT2D eigenvalue weighted by atomic mass is 32.2. The zero-order valence-electron chi connectivity index (χ0n) is 6.46. The maximum absolute atomic E-state index is 10.8. The van der Waals surface area contributed by atoms with Crippen LogP contribution < -0.4 is 0 Å². The van der Waals surface area contributed by atoms with E-state index in [1.807, 2.05) is 6.92 Å². The predicted octanol–water partition coefficient (Wildman–Crippen LogP) is 1.37. The molecule has 0 aromatic rings. The van der Waals surface area contributed by atoms with Crippen molar-refractivity contribution in [2.75, 3.05) is 11.5 Å². The zero-order valence-corrected chi connectivity index (χ0v) is 7.28. The summed E-state index contributed by atoms with van der Waals surface area (Å²) >= 11 is 0. The zero-order chi connectivity index (χ0) is 7.33. The molecule has 0 unspecified atom stereocenters. The van der Waals surface area contributed by atoms with Crippen LogP contribution in [0.15, 0.2) is 0 Å². The minimum absolute atomic E-state index is 0. The summed E-state index contributed by atoms with van der Waals surface area (Å²) in [5.41, 5.74) is 0. The average Bonchev–Trinajstić information content (AvgIpc) is 1.84. The smallest absolute Gasteiger partial charge is 0.150 e. The van der Waals surface area contributed by atoms with Crippen LogP contribution in [0.5, 0.6) is 0 Å². The van der Waals surface area contributed by atoms with E-state index in [4.69, 9.17) is 0 Å². The molecule has 0 aromatic carbocycles. The Morgan fingerprint density at radius 2 is 1.70 bits per heavy atom. The van der Waals surface area contributed by atoms with Gasteiger partial charge in [-0.15, -0.1) is 0 Å². The number of unbranched alkanes of at least 4 members (excludes halogenated alkanes) is 1. The van der Waals surface area contributed by atoms with Gasteiger partial charge in [-0.1, -0.05) is 20.3 Å². The molecular formula is C6H15FO2S. The molecule has 0 fully saturated rings. The number of hydrogen-bond acceptors (Lipinski definition) is 2. The lowest BCUT2D eigenvalue weighted by atomic mass is 10.4. The van der Waals surface area contributed by atoms with E-state index in [2.05, 4.69) is 0 Å². The molecule has 0 aliphatic rings. The van der Waals surface area contributed by atoms with Crippen molar-refractivity contribution in [2.45, 2.75) is 26.7 Å². The van der Waals surface area contributed by atoms with Crippen molar-refractivity contribution in [2.24, 2.45) is 0 Å². The van der Waals surface area contributed by atoms with Crippen LogP contribution in [0.4, 0.5) is 4.70 Å². The summed E-state index contributed by atoms with van der Waals surface area (Å²) in [6.45, 7) is 3.68. The highest BCUT2D eigenvalue weighted by Gasteiger charge is 2.04. The van der Waals surface area contributed by atoms with Gasteiger partial charge in [0, 0.05) is 5.75 Å². The first-order chi connectivity index (χ1) is 4.12. The van der Waals surface area contributed by atoms with E-state index >= 15 is 0 Å². The monoisotopic (exact) mass is 170 g/mol. The minimum Gasteiger partial charge on any atom is -0.269 e. The number of sulfone groups is 1. The summed E-state index contributed by atoms with van der Waals surface area (Å²) in [4.78, 5) is 0. The summed E-state index contributed by atoms with van der Waals surface area (Å²) < 4.78 is 21.5. The van der Waals surface area contributed by atoms with Crippen molar-refractivity contribution >= 4 is 9.84 Å². The van der Waals surface area contributed by atoms with E-state index in [0.29, 0.717) is 5.75 Å². The molecule has 0 aromatic heterocycles. The third kappa shape index (κ3) is 6.01. The fourth-order valence-electron chi connectivity index (χ4n) is 0.509. The van der Waals surface area contributed by atoms with Crippen LogP contribution in [-0.4, -0.2) is 19.9 Å². The molecule has 0 rings (SSSR count). The Balaban J connectivity index is 0. The summed E-state index contributed by atoms with van der Waals surface area (Å²) in [5, 5.41) is 0. The Hall–Kier alpha value is -0.120. The summed E-state index contributed by atoms with van der Waals surface area (Å²) in [6.07, 6.45) is 1.76. The second-order valence-corrected chi connectivity index (χ2v) is 4.56. The minimum atomic E-state index is -2.68. The van der Waals surface area contributed by atoms with Gasteiger partial charge in [0.05, 0.1) is 5.75 Å². The van der Waals surface area contributed by atoms with Crippen molar-refractivity contribution in [3.05, 3.63) is 0 Å². The first-order valence-corrected chi connectivity index (χ1v) is 5.15. The molecule has 0 saturated heterocycles. The number of halogens is 1. The van der Waals surface area contributed by atoms with E-state index < -0.39 is 9.84 Å². The Kier molecular flexibility index (Phi) is 7.09. The average molecular weight is 170 g/mol. The third-order valence-electron chi connectivity index (χ3n) is 1.25. The van der Waals surface area contributed by atoms with Crippen molar-refractivity contribution in [1.82, 2.24) is 0 Å². The van der Waals surface area contributed by atoms with Gasteiger partial charge in [0.2, 0.25) is 0 Å². The molecule has 0 saturated carbocycles. The molecule has 0 aliphatic heterocycles. The van der Waals surface area contributed by atoms with Crippen molar-refractivity contribution in [3.8, 4) is 0 Å². The molecule has 0 amide bonds.